The number of ether oxygens (including phenoxy) is 1. The summed E-state index contributed by atoms with van der Waals surface area (Å²) in [5, 5.41) is 11.1. The normalized spacial score (nSPS) is 10.3. The van der Waals surface area contributed by atoms with Crippen molar-refractivity contribution in [1.82, 2.24) is 9.97 Å². The molecule has 0 saturated heterocycles. The van der Waals surface area contributed by atoms with E-state index in [2.05, 4.69) is 41.8 Å². The van der Waals surface area contributed by atoms with Crippen molar-refractivity contribution in [3.63, 3.8) is 0 Å². The van der Waals surface area contributed by atoms with Crippen LogP contribution in [0.15, 0.2) is 27.3 Å². The Morgan fingerprint density at radius 1 is 1.30 bits per heavy atom. The Morgan fingerprint density at radius 3 is 2.60 bits per heavy atom. The van der Waals surface area contributed by atoms with Gasteiger partial charge in [0.2, 0.25) is 5.75 Å². The Balaban J connectivity index is 2.50. The van der Waals surface area contributed by atoms with Crippen LogP contribution >= 0.6 is 31.9 Å². The standard InChI is InChI=1S/C11H8Br2N4O3/c1-5-2-6(12)3-7(17(18)19)10(5)20-11-15-8(13)4-9(14)16-11/h2-4H,1H3,(H2,14,15,16). The maximum Gasteiger partial charge on any atom is 0.325 e. The Hall–Kier alpha value is -1.74. The summed E-state index contributed by atoms with van der Waals surface area (Å²) >= 11 is 6.36. The summed E-state index contributed by atoms with van der Waals surface area (Å²) in [6.45, 7) is 1.69. The van der Waals surface area contributed by atoms with Gasteiger partial charge in [-0.25, -0.2) is 0 Å². The lowest BCUT2D eigenvalue weighted by molar-refractivity contribution is -0.385. The zero-order valence-electron chi connectivity index (χ0n) is 10.1. The van der Waals surface area contributed by atoms with Crippen LogP contribution in [0.3, 0.4) is 0 Å². The van der Waals surface area contributed by atoms with Gasteiger partial charge < -0.3 is 10.5 Å². The number of hydrogen-bond acceptors (Lipinski definition) is 6. The molecule has 0 spiro atoms. The first kappa shape index (κ1) is 14.7. The van der Waals surface area contributed by atoms with Crippen molar-refractivity contribution in [3.8, 4) is 11.8 Å². The van der Waals surface area contributed by atoms with E-state index < -0.39 is 4.92 Å². The maximum absolute atomic E-state index is 11.1. The Bertz CT molecular complexity index is 673. The molecule has 1 aromatic heterocycles. The third kappa shape index (κ3) is 3.23. The summed E-state index contributed by atoms with van der Waals surface area (Å²) in [5.74, 6) is 0.273. The molecule has 2 aromatic rings. The van der Waals surface area contributed by atoms with Gasteiger partial charge in [0.05, 0.1) is 4.92 Å². The van der Waals surface area contributed by atoms with Crippen LogP contribution < -0.4 is 10.5 Å². The third-order valence-electron chi connectivity index (χ3n) is 2.30. The monoisotopic (exact) mass is 402 g/mol. The Kier molecular flexibility index (Phi) is 4.19. The minimum absolute atomic E-state index is 0.0644. The molecule has 9 heteroatoms. The molecule has 0 aliphatic heterocycles. The second-order valence-corrected chi connectivity index (χ2v) is 5.56. The first-order chi connectivity index (χ1) is 9.36. The van der Waals surface area contributed by atoms with Crippen LogP contribution in [0, 0.1) is 17.0 Å². The summed E-state index contributed by atoms with van der Waals surface area (Å²) < 4.78 is 6.44. The Labute approximate surface area is 130 Å². The van der Waals surface area contributed by atoms with Crippen LogP contribution in [0.4, 0.5) is 11.5 Å². The predicted molar refractivity (Wildman–Crippen MR) is 79.8 cm³/mol. The quantitative estimate of drug-likeness (QED) is 0.477. The van der Waals surface area contributed by atoms with Gasteiger partial charge >= 0.3 is 11.7 Å². The van der Waals surface area contributed by atoms with Gasteiger partial charge in [0.25, 0.3) is 0 Å². The molecule has 0 fully saturated rings. The van der Waals surface area contributed by atoms with Gasteiger partial charge in [0.15, 0.2) is 0 Å². The van der Waals surface area contributed by atoms with Crippen LogP contribution in [-0.2, 0) is 0 Å². The molecular formula is C11H8Br2N4O3. The number of nitrogens with zero attached hydrogens (tertiary/aromatic N) is 3. The SMILES string of the molecule is Cc1cc(Br)cc([N+](=O)[O-])c1Oc1nc(N)cc(Br)n1. The molecule has 0 saturated carbocycles. The number of nitrogen functional groups attached to an aromatic ring is 1. The molecule has 104 valence electrons. The molecule has 0 aliphatic rings. The highest BCUT2D eigenvalue weighted by molar-refractivity contribution is 9.10. The van der Waals surface area contributed by atoms with Crippen molar-refractivity contribution in [2.75, 3.05) is 5.73 Å². The van der Waals surface area contributed by atoms with Gasteiger partial charge in [-0.2, -0.15) is 9.97 Å². The molecule has 2 rings (SSSR count). The Morgan fingerprint density at radius 2 is 2.00 bits per heavy atom. The minimum Gasteiger partial charge on any atom is -0.417 e. The zero-order chi connectivity index (χ0) is 14.9. The number of rotatable bonds is 3. The molecule has 0 amide bonds. The van der Waals surface area contributed by atoms with E-state index in [1.54, 1.807) is 13.0 Å². The highest BCUT2D eigenvalue weighted by atomic mass is 79.9. The second-order valence-electron chi connectivity index (χ2n) is 3.83. The van der Waals surface area contributed by atoms with Crippen LogP contribution in [0.2, 0.25) is 0 Å². The number of nitrogens with two attached hydrogens (primary N) is 1. The van der Waals surface area contributed by atoms with Gasteiger partial charge in [-0.15, -0.1) is 0 Å². The number of hydrogen-bond donors (Lipinski definition) is 1. The van der Waals surface area contributed by atoms with Gasteiger partial charge in [0.1, 0.15) is 10.4 Å². The zero-order valence-corrected chi connectivity index (χ0v) is 13.3. The third-order valence-corrected chi connectivity index (χ3v) is 3.17. The second kappa shape index (κ2) is 5.71. The average Bonchev–Trinajstić information content (AvgIpc) is 2.30. The number of aromatic nitrogens is 2. The van der Waals surface area contributed by atoms with Crippen LogP contribution in [0.25, 0.3) is 0 Å². The lowest BCUT2D eigenvalue weighted by Gasteiger charge is -2.08. The lowest BCUT2D eigenvalue weighted by Crippen LogP contribution is -2.00. The topological polar surface area (TPSA) is 104 Å². The van der Waals surface area contributed by atoms with Gasteiger partial charge in [-0.05, 0) is 28.9 Å². The lowest BCUT2D eigenvalue weighted by atomic mass is 10.2. The van der Waals surface area contributed by atoms with E-state index in [0.717, 1.165) is 0 Å². The summed E-state index contributed by atoms with van der Waals surface area (Å²) in [7, 11) is 0. The largest absolute Gasteiger partial charge is 0.417 e. The average molecular weight is 404 g/mol. The fraction of sp³-hybridized carbons (Fsp3) is 0.0909. The van der Waals surface area contributed by atoms with E-state index in [1.807, 2.05) is 0 Å². The van der Waals surface area contributed by atoms with Crippen LogP contribution in [-0.4, -0.2) is 14.9 Å². The molecule has 0 radical (unpaired) electrons. The number of aryl methyl sites for hydroxylation is 1. The maximum atomic E-state index is 11.1. The summed E-state index contributed by atoms with van der Waals surface area (Å²) in [6.07, 6.45) is 0. The number of nitro groups is 1. The molecule has 20 heavy (non-hydrogen) atoms. The fourth-order valence-electron chi connectivity index (χ4n) is 1.53. The van der Waals surface area contributed by atoms with Crippen LogP contribution in [0.5, 0.6) is 11.8 Å². The van der Waals surface area contributed by atoms with Crippen molar-refractivity contribution in [2.24, 2.45) is 0 Å². The first-order valence-electron chi connectivity index (χ1n) is 5.29. The van der Waals surface area contributed by atoms with E-state index in [1.165, 1.54) is 12.1 Å². The number of halogens is 2. The highest BCUT2D eigenvalue weighted by Gasteiger charge is 2.21. The van der Waals surface area contributed by atoms with E-state index >= 15 is 0 Å². The molecule has 1 heterocycles. The minimum atomic E-state index is -0.533. The van der Waals surface area contributed by atoms with E-state index in [0.29, 0.717) is 14.6 Å². The molecule has 1 aromatic carbocycles. The number of nitro benzene ring substituents is 1. The molecule has 7 nitrogen and oxygen atoms in total. The van der Waals surface area contributed by atoms with Crippen LogP contribution in [0.1, 0.15) is 5.56 Å². The summed E-state index contributed by atoms with van der Waals surface area (Å²) in [4.78, 5) is 18.4. The van der Waals surface area contributed by atoms with E-state index in [4.69, 9.17) is 10.5 Å². The van der Waals surface area contributed by atoms with Crippen molar-refractivity contribution in [1.29, 1.82) is 0 Å². The van der Waals surface area contributed by atoms with Crippen molar-refractivity contribution < 1.29 is 9.66 Å². The van der Waals surface area contributed by atoms with E-state index in [-0.39, 0.29) is 23.3 Å². The molecule has 2 N–H and O–H groups in total. The van der Waals surface area contributed by atoms with Gasteiger partial charge in [-0.1, -0.05) is 15.9 Å². The number of anilines is 1. The van der Waals surface area contributed by atoms with Crippen molar-refractivity contribution in [2.45, 2.75) is 6.92 Å². The molecular weight excluding hydrogens is 396 g/mol. The first-order valence-corrected chi connectivity index (χ1v) is 6.88. The smallest absolute Gasteiger partial charge is 0.325 e. The van der Waals surface area contributed by atoms with Crippen molar-refractivity contribution >= 4 is 43.4 Å². The fourth-order valence-corrected chi connectivity index (χ4v) is 2.48. The van der Waals surface area contributed by atoms with E-state index in [9.17, 15) is 10.1 Å². The molecule has 0 unspecified atom stereocenters. The molecule has 0 bridgehead atoms. The highest BCUT2D eigenvalue weighted by Crippen LogP contribution is 2.36. The molecule has 0 atom stereocenters. The summed E-state index contributed by atoms with van der Waals surface area (Å²) in [6, 6.07) is 4.48. The predicted octanol–water partition coefficient (Wildman–Crippen LogP) is 3.59. The summed E-state index contributed by atoms with van der Waals surface area (Å²) in [5.41, 5.74) is 5.97. The van der Waals surface area contributed by atoms with Crippen molar-refractivity contribution in [3.05, 3.63) is 43.0 Å². The van der Waals surface area contributed by atoms with Gasteiger partial charge in [0, 0.05) is 22.2 Å². The van der Waals surface area contributed by atoms with Gasteiger partial charge in [-0.3, -0.25) is 10.1 Å². The number of benzene rings is 1. The molecule has 0 aliphatic carbocycles.